The van der Waals surface area contributed by atoms with Crippen LogP contribution in [-0.2, 0) is 4.74 Å². The molecule has 3 rings (SSSR count). The van der Waals surface area contributed by atoms with E-state index in [1.54, 1.807) is 0 Å². The second-order valence-corrected chi connectivity index (χ2v) is 6.97. The lowest BCUT2D eigenvalue weighted by Crippen LogP contribution is -2.34. The highest BCUT2D eigenvalue weighted by molar-refractivity contribution is 7.98. The zero-order valence-corrected chi connectivity index (χ0v) is 15.1. The van der Waals surface area contributed by atoms with E-state index >= 15 is 0 Å². The molecule has 3 heterocycles. The van der Waals surface area contributed by atoms with Gasteiger partial charge in [0.15, 0.2) is 5.16 Å². The van der Waals surface area contributed by atoms with E-state index in [1.807, 2.05) is 13.2 Å². The Morgan fingerprint density at radius 2 is 2.26 bits per heavy atom. The SMILES string of the molecule is CCCCN1CNc2c(C(=O)OCC)sc3nc(SC)nc1c23. The van der Waals surface area contributed by atoms with Gasteiger partial charge < -0.3 is 15.0 Å². The van der Waals surface area contributed by atoms with Crippen molar-refractivity contribution in [3.05, 3.63) is 4.88 Å². The van der Waals surface area contributed by atoms with Gasteiger partial charge in [-0.1, -0.05) is 25.1 Å². The third-order valence-electron chi connectivity index (χ3n) is 3.68. The van der Waals surface area contributed by atoms with Gasteiger partial charge in [0.2, 0.25) is 0 Å². The zero-order valence-electron chi connectivity index (χ0n) is 13.5. The molecule has 0 unspecified atom stereocenters. The van der Waals surface area contributed by atoms with Gasteiger partial charge in [-0.15, -0.1) is 11.3 Å². The number of hydrogen-bond donors (Lipinski definition) is 1. The predicted molar refractivity (Wildman–Crippen MR) is 95.9 cm³/mol. The summed E-state index contributed by atoms with van der Waals surface area (Å²) in [6.07, 6.45) is 4.20. The summed E-state index contributed by atoms with van der Waals surface area (Å²) in [6, 6.07) is 0. The molecule has 0 bridgehead atoms. The lowest BCUT2D eigenvalue weighted by atomic mass is 10.2. The highest BCUT2D eigenvalue weighted by Gasteiger charge is 2.29. The average Bonchev–Trinajstić information content (AvgIpc) is 2.94. The van der Waals surface area contributed by atoms with Crippen LogP contribution < -0.4 is 10.2 Å². The molecule has 2 aromatic heterocycles. The maximum absolute atomic E-state index is 12.2. The quantitative estimate of drug-likeness (QED) is 0.484. The molecule has 0 saturated heterocycles. The fourth-order valence-electron chi connectivity index (χ4n) is 2.58. The van der Waals surface area contributed by atoms with Gasteiger partial charge in [-0.05, 0) is 19.6 Å². The fourth-order valence-corrected chi connectivity index (χ4v) is 4.03. The molecule has 124 valence electrons. The first-order chi connectivity index (χ1) is 11.2. The Morgan fingerprint density at radius 3 is 2.96 bits per heavy atom. The molecular weight excluding hydrogens is 332 g/mol. The molecule has 1 aliphatic heterocycles. The Hall–Kier alpha value is -1.54. The molecule has 0 spiro atoms. The van der Waals surface area contributed by atoms with Crippen LogP contribution in [0.1, 0.15) is 36.4 Å². The molecule has 2 aromatic rings. The van der Waals surface area contributed by atoms with Gasteiger partial charge in [-0.25, -0.2) is 14.8 Å². The van der Waals surface area contributed by atoms with E-state index in [0.29, 0.717) is 18.2 Å². The van der Waals surface area contributed by atoms with Crippen LogP contribution in [-0.4, -0.2) is 42.0 Å². The summed E-state index contributed by atoms with van der Waals surface area (Å²) in [5.74, 6) is 0.630. The van der Waals surface area contributed by atoms with Crippen LogP contribution in [0, 0.1) is 0 Å². The van der Waals surface area contributed by atoms with Crippen LogP contribution >= 0.6 is 23.1 Å². The second-order valence-electron chi connectivity index (χ2n) is 5.19. The fraction of sp³-hybridized carbons (Fsp3) is 0.533. The second kappa shape index (κ2) is 6.92. The number of nitrogens with one attached hydrogen (secondary N) is 1. The van der Waals surface area contributed by atoms with Crippen molar-refractivity contribution in [3.63, 3.8) is 0 Å². The molecular formula is C15H20N4O2S2. The van der Waals surface area contributed by atoms with Gasteiger partial charge in [0, 0.05) is 6.54 Å². The number of aromatic nitrogens is 2. The van der Waals surface area contributed by atoms with E-state index in [9.17, 15) is 4.79 Å². The number of thioether (sulfide) groups is 1. The normalized spacial score (nSPS) is 13.3. The smallest absolute Gasteiger partial charge is 0.350 e. The molecule has 23 heavy (non-hydrogen) atoms. The summed E-state index contributed by atoms with van der Waals surface area (Å²) in [7, 11) is 0. The Labute approximate surface area is 143 Å². The van der Waals surface area contributed by atoms with E-state index in [0.717, 1.165) is 46.3 Å². The summed E-state index contributed by atoms with van der Waals surface area (Å²) >= 11 is 2.90. The standard InChI is InChI=1S/C15H20N4O2S2/c1-4-6-7-19-8-16-10-9-12(19)17-15(22-3)18-13(9)23-11(10)14(20)21-5-2/h16H,4-8H2,1-3H3. The van der Waals surface area contributed by atoms with E-state index < -0.39 is 0 Å². The zero-order chi connectivity index (χ0) is 16.4. The molecule has 6 nitrogen and oxygen atoms in total. The van der Waals surface area contributed by atoms with Crippen molar-refractivity contribution < 1.29 is 9.53 Å². The molecule has 0 amide bonds. The van der Waals surface area contributed by atoms with E-state index in [1.165, 1.54) is 23.1 Å². The van der Waals surface area contributed by atoms with Crippen LogP contribution in [0.15, 0.2) is 5.16 Å². The lowest BCUT2D eigenvalue weighted by molar-refractivity contribution is 0.0533. The van der Waals surface area contributed by atoms with Crippen LogP contribution in [0.5, 0.6) is 0 Å². The maximum atomic E-state index is 12.2. The first-order valence-electron chi connectivity index (χ1n) is 7.74. The van der Waals surface area contributed by atoms with Crippen LogP contribution in [0.4, 0.5) is 11.5 Å². The van der Waals surface area contributed by atoms with Crippen molar-refractivity contribution in [1.29, 1.82) is 0 Å². The minimum Gasteiger partial charge on any atom is -0.462 e. The number of anilines is 2. The monoisotopic (exact) mass is 352 g/mol. The molecule has 0 aromatic carbocycles. The first-order valence-corrected chi connectivity index (χ1v) is 9.78. The van der Waals surface area contributed by atoms with Crippen molar-refractivity contribution in [2.24, 2.45) is 0 Å². The molecule has 0 fully saturated rings. The largest absolute Gasteiger partial charge is 0.462 e. The van der Waals surface area contributed by atoms with Gasteiger partial charge in [0.05, 0.1) is 24.3 Å². The number of thiophene rings is 1. The number of carbonyl (C=O) groups is 1. The first kappa shape index (κ1) is 16.3. The number of hydrogen-bond acceptors (Lipinski definition) is 8. The predicted octanol–water partition coefficient (Wildman–Crippen LogP) is 3.58. The van der Waals surface area contributed by atoms with Gasteiger partial charge in [-0.3, -0.25) is 0 Å². The van der Waals surface area contributed by atoms with E-state index in [2.05, 4.69) is 22.1 Å². The van der Waals surface area contributed by atoms with Gasteiger partial charge in [-0.2, -0.15) is 0 Å². The summed E-state index contributed by atoms with van der Waals surface area (Å²) in [5.41, 5.74) is 0.818. The van der Waals surface area contributed by atoms with Crippen molar-refractivity contribution in [3.8, 4) is 0 Å². The van der Waals surface area contributed by atoms with Crippen LogP contribution in [0.25, 0.3) is 10.2 Å². The molecule has 0 aliphatic carbocycles. The van der Waals surface area contributed by atoms with E-state index in [4.69, 9.17) is 9.72 Å². The summed E-state index contributed by atoms with van der Waals surface area (Å²) in [4.78, 5) is 25.1. The number of rotatable bonds is 6. The molecule has 0 saturated carbocycles. The summed E-state index contributed by atoms with van der Waals surface area (Å²) in [5, 5.41) is 5.04. The van der Waals surface area contributed by atoms with Crippen molar-refractivity contribution in [2.75, 3.05) is 36.3 Å². The highest BCUT2D eigenvalue weighted by Crippen LogP contribution is 2.43. The molecule has 0 radical (unpaired) electrons. The van der Waals surface area contributed by atoms with Crippen molar-refractivity contribution >= 4 is 50.8 Å². The Morgan fingerprint density at radius 1 is 1.43 bits per heavy atom. The molecule has 1 N–H and O–H groups in total. The number of nitrogens with zero attached hydrogens (tertiary/aromatic N) is 3. The van der Waals surface area contributed by atoms with Crippen molar-refractivity contribution in [1.82, 2.24) is 9.97 Å². The summed E-state index contributed by atoms with van der Waals surface area (Å²) < 4.78 is 5.18. The molecule has 0 atom stereocenters. The van der Waals surface area contributed by atoms with Gasteiger partial charge >= 0.3 is 5.97 Å². The van der Waals surface area contributed by atoms with Crippen molar-refractivity contribution in [2.45, 2.75) is 31.8 Å². The van der Waals surface area contributed by atoms with E-state index in [-0.39, 0.29) is 5.97 Å². The molecule has 8 heteroatoms. The number of carbonyl (C=O) groups excluding carboxylic acids is 1. The Bertz CT molecular complexity index is 732. The third-order valence-corrected chi connectivity index (χ3v) is 5.29. The van der Waals surface area contributed by atoms with Gasteiger partial charge in [0.25, 0.3) is 0 Å². The lowest BCUT2D eigenvalue weighted by Gasteiger charge is -2.29. The minimum absolute atomic E-state index is 0.295. The highest BCUT2D eigenvalue weighted by atomic mass is 32.2. The third kappa shape index (κ3) is 2.97. The maximum Gasteiger partial charge on any atom is 0.350 e. The Balaban J connectivity index is 2.13. The number of unbranched alkanes of at least 4 members (excludes halogenated alkanes) is 1. The number of esters is 1. The van der Waals surface area contributed by atoms with Crippen LogP contribution in [0.3, 0.4) is 0 Å². The average molecular weight is 352 g/mol. The minimum atomic E-state index is -0.295. The summed E-state index contributed by atoms with van der Waals surface area (Å²) in [6.45, 7) is 5.94. The van der Waals surface area contributed by atoms with Gasteiger partial charge in [0.1, 0.15) is 15.5 Å². The number of ether oxygens (including phenoxy) is 1. The molecule has 1 aliphatic rings. The topological polar surface area (TPSA) is 67.4 Å². The Kier molecular flexibility index (Phi) is 4.91. The van der Waals surface area contributed by atoms with Crippen LogP contribution in [0.2, 0.25) is 0 Å².